The van der Waals surface area contributed by atoms with Gasteiger partial charge in [0.25, 0.3) is 0 Å². The summed E-state index contributed by atoms with van der Waals surface area (Å²) < 4.78 is 5.57. The molecule has 2 aromatic carbocycles. The number of nitrogens with two attached hydrogens (primary N) is 1. The maximum absolute atomic E-state index is 10.1. The van der Waals surface area contributed by atoms with Crippen molar-refractivity contribution in [3.8, 4) is 5.75 Å². The molecule has 1 atom stereocenters. The number of anilines is 2. The van der Waals surface area contributed by atoms with Crippen LogP contribution in [-0.2, 0) is 0 Å². The van der Waals surface area contributed by atoms with Crippen LogP contribution in [0.2, 0.25) is 0 Å². The second-order valence-corrected chi connectivity index (χ2v) is 4.91. The molecule has 0 saturated carbocycles. The number of ether oxygens (including phenoxy) is 1. The quantitative estimate of drug-likeness (QED) is 0.768. The molecule has 0 aromatic heterocycles. The number of likely N-dealkylation sites (N-methyl/N-ethyl adjacent to an activating group) is 1. The lowest BCUT2D eigenvalue weighted by molar-refractivity contribution is 0.112. The Balaban J connectivity index is 1.87. The van der Waals surface area contributed by atoms with Crippen LogP contribution in [0.5, 0.6) is 5.75 Å². The molecule has 0 aliphatic carbocycles. The van der Waals surface area contributed by atoms with E-state index < -0.39 is 6.10 Å². The van der Waals surface area contributed by atoms with E-state index in [0.29, 0.717) is 18.0 Å². The predicted octanol–water partition coefficient (Wildman–Crippen LogP) is 2.54. The SMILES string of the molecule is CCN(CC(O)COc1cccc(N)c1)c1ccccc1. The molecule has 4 nitrogen and oxygen atoms in total. The minimum atomic E-state index is -0.563. The molecular formula is C17H22N2O2. The third-order valence-corrected chi connectivity index (χ3v) is 3.23. The van der Waals surface area contributed by atoms with Gasteiger partial charge in [-0.1, -0.05) is 24.3 Å². The monoisotopic (exact) mass is 286 g/mol. The van der Waals surface area contributed by atoms with E-state index in [1.807, 2.05) is 42.5 Å². The van der Waals surface area contributed by atoms with Gasteiger partial charge in [0.1, 0.15) is 18.5 Å². The van der Waals surface area contributed by atoms with Crippen LogP contribution in [0, 0.1) is 0 Å². The van der Waals surface area contributed by atoms with E-state index in [1.165, 1.54) is 0 Å². The topological polar surface area (TPSA) is 58.7 Å². The third kappa shape index (κ3) is 4.68. The maximum Gasteiger partial charge on any atom is 0.121 e. The zero-order valence-electron chi connectivity index (χ0n) is 12.3. The summed E-state index contributed by atoms with van der Waals surface area (Å²) in [5.74, 6) is 0.678. The van der Waals surface area contributed by atoms with Crippen molar-refractivity contribution in [2.75, 3.05) is 30.3 Å². The Hall–Kier alpha value is -2.20. The molecule has 4 heteroatoms. The summed E-state index contributed by atoms with van der Waals surface area (Å²) in [6, 6.07) is 17.3. The van der Waals surface area contributed by atoms with Crippen molar-refractivity contribution in [2.45, 2.75) is 13.0 Å². The molecule has 1 unspecified atom stereocenters. The summed E-state index contributed by atoms with van der Waals surface area (Å²) in [7, 11) is 0. The van der Waals surface area contributed by atoms with E-state index >= 15 is 0 Å². The minimum absolute atomic E-state index is 0.243. The Morgan fingerprint density at radius 2 is 1.90 bits per heavy atom. The van der Waals surface area contributed by atoms with Crippen molar-refractivity contribution in [3.63, 3.8) is 0 Å². The highest BCUT2D eigenvalue weighted by atomic mass is 16.5. The first kappa shape index (κ1) is 15.2. The second-order valence-electron chi connectivity index (χ2n) is 4.91. The van der Waals surface area contributed by atoms with Gasteiger partial charge in [0, 0.05) is 30.5 Å². The fraction of sp³-hybridized carbons (Fsp3) is 0.294. The van der Waals surface area contributed by atoms with Crippen LogP contribution in [0.25, 0.3) is 0 Å². The molecule has 112 valence electrons. The number of aliphatic hydroxyl groups is 1. The van der Waals surface area contributed by atoms with Gasteiger partial charge in [-0.05, 0) is 31.2 Å². The van der Waals surface area contributed by atoms with Gasteiger partial charge in [0.15, 0.2) is 0 Å². The first-order chi connectivity index (χ1) is 10.2. The van der Waals surface area contributed by atoms with Crippen molar-refractivity contribution in [1.82, 2.24) is 0 Å². The standard InChI is InChI=1S/C17H22N2O2/c1-2-19(15-8-4-3-5-9-15)12-16(20)13-21-17-10-6-7-14(18)11-17/h3-11,16,20H,2,12-13,18H2,1H3. The number of hydrogen-bond acceptors (Lipinski definition) is 4. The summed E-state index contributed by atoms with van der Waals surface area (Å²) in [5, 5.41) is 10.1. The zero-order valence-corrected chi connectivity index (χ0v) is 12.3. The zero-order chi connectivity index (χ0) is 15.1. The Morgan fingerprint density at radius 3 is 2.57 bits per heavy atom. The molecule has 2 rings (SSSR count). The van der Waals surface area contributed by atoms with Gasteiger partial charge >= 0.3 is 0 Å². The van der Waals surface area contributed by atoms with Gasteiger partial charge in [0.05, 0.1) is 0 Å². The first-order valence-electron chi connectivity index (χ1n) is 7.15. The molecule has 0 saturated heterocycles. The van der Waals surface area contributed by atoms with Crippen molar-refractivity contribution in [3.05, 3.63) is 54.6 Å². The summed E-state index contributed by atoms with van der Waals surface area (Å²) in [6.45, 7) is 3.67. The maximum atomic E-state index is 10.1. The second kappa shape index (κ2) is 7.55. The molecule has 2 aromatic rings. The number of nitrogens with zero attached hydrogens (tertiary/aromatic N) is 1. The normalized spacial score (nSPS) is 11.9. The van der Waals surface area contributed by atoms with Gasteiger partial charge in [-0.15, -0.1) is 0 Å². The Morgan fingerprint density at radius 1 is 1.14 bits per heavy atom. The van der Waals surface area contributed by atoms with Crippen LogP contribution in [0.15, 0.2) is 54.6 Å². The highest BCUT2D eigenvalue weighted by molar-refractivity contribution is 5.46. The predicted molar refractivity (Wildman–Crippen MR) is 86.7 cm³/mol. The van der Waals surface area contributed by atoms with Crippen LogP contribution in [0.4, 0.5) is 11.4 Å². The summed E-state index contributed by atoms with van der Waals surface area (Å²) in [4.78, 5) is 2.12. The van der Waals surface area contributed by atoms with Crippen LogP contribution in [0.3, 0.4) is 0 Å². The van der Waals surface area contributed by atoms with E-state index in [-0.39, 0.29) is 6.61 Å². The largest absolute Gasteiger partial charge is 0.491 e. The van der Waals surface area contributed by atoms with Crippen molar-refractivity contribution in [1.29, 1.82) is 0 Å². The number of hydrogen-bond donors (Lipinski definition) is 2. The van der Waals surface area contributed by atoms with E-state index in [9.17, 15) is 5.11 Å². The molecule has 21 heavy (non-hydrogen) atoms. The summed E-state index contributed by atoms with van der Waals surface area (Å²) in [6.07, 6.45) is -0.563. The van der Waals surface area contributed by atoms with Gasteiger partial charge < -0.3 is 20.5 Å². The smallest absolute Gasteiger partial charge is 0.121 e. The van der Waals surface area contributed by atoms with Crippen LogP contribution in [-0.4, -0.2) is 30.9 Å². The van der Waals surface area contributed by atoms with Crippen molar-refractivity contribution in [2.24, 2.45) is 0 Å². The molecule has 0 aliphatic heterocycles. The molecule has 0 heterocycles. The van der Waals surface area contributed by atoms with Crippen molar-refractivity contribution >= 4 is 11.4 Å². The average Bonchev–Trinajstić information content (AvgIpc) is 2.51. The molecule has 3 N–H and O–H groups in total. The number of rotatable bonds is 7. The lowest BCUT2D eigenvalue weighted by Gasteiger charge is -2.26. The van der Waals surface area contributed by atoms with Crippen LogP contribution >= 0.6 is 0 Å². The van der Waals surface area contributed by atoms with Crippen molar-refractivity contribution < 1.29 is 9.84 Å². The van der Waals surface area contributed by atoms with E-state index in [4.69, 9.17) is 10.5 Å². The van der Waals surface area contributed by atoms with Crippen LogP contribution in [0.1, 0.15) is 6.92 Å². The number of aliphatic hydroxyl groups excluding tert-OH is 1. The first-order valence-corrected chi connectivity index (χ1v) is 7.15. The van der Waals surface area contributed by atoms with Gasteiger partial charge in [-0.3, -0.25) is 0 Å². The van der Waals surface area contributed by atoms with Crippen LogP contribution < -0.4 is 15.4 Å². The average molecular weight is 286 g/mol. The van der Waals surface area contributed by atoms with E-state index in [0.717, 1.165) is 12.2 Å². The Kier molecular flexibility index (Phi) is 5.46. The van der Waals surface area contributed by atoms with Gasteiger partial charge in [-0.2, -0.15) is 0 Å². The van der Waals surface area contributed by atoms with E-state index in [2.05, 4.69) is 11.8 Å². The summed E-state index contributed by atoms with van der Waals surface area (Å²) >= 11 is 0. The summed E-state index contributed by atoms with van der Waals surface area (Å²) in [5.41, 5.74) is 7.45. The fourth-order valence-electron chi connectivity index (χ4n) is 2.16. The van der Waals surface area contributed by atoms with Gasteiger partial charge in [-0.25, -0.2) is 0 Å². The molecule has 0 aliphatic rings. The lowest BCUT2D eigenvalue weighted by Crippen LogP contribution is -2.35. The fourth-order valence-corrected chi connectivity index (χ4v) is 2.16. The molecule has 0 fully saturated rings. The Labute approximate surface area is 125 Å². The Bertz CT molecular complexity index is 545. The highest BCUT2D eigenvalue weighted by Gasteiger charge is 2.11. The molecule has 0 spiro atoms. The molecule has 0 bridgehead atoms. The number of nitrogen functional groups attached to an aromatic ring is 1. The minimum Gasteiger partial charge on any atom is -0.491 e. The lowest BCUT2D eigenvalue weighted by atomic mass is 10.2. The highest BCUT2D eigenvalue weighted by Crippen LogP contribution is 2.16. The molecule has 0 radical (unpaired) electrons. The molecule has 0 amide bonds. The number of para-hydroxylation sites is 1. The number of benzene rings is 2. The van der Waals surface area contributed by atoms with Gasteiger partial charge in [0.2, 0.25) is 0 Å². The molecular weight excluding hydrogens is 264 g/mol. The van der Waals surface area contributed by atoms with E-state index in [1.54, 1.807) is 12.1 Å². The third-order valence-electron chi connectivity index (χ3n) is 3.23.